The van der Waals surface area contributed by atoms with Gasteiger partial charge in [-0.3, -0.25) is 9.59 Å². The van der Waals surface area contributed by atoms with Crippen LogP contribution >= 0.6 is 0 Å². The van der Waals surface area contributed by atoms with E-state index < -0.39 is 12.1 Å². The molecule has 71 heavy (non-hydrogen) atoms. The first-order valence-corrected chi connectivity index (χ1v) is 31.1. The zero-order valence-corrected chi connectivity index (χ0v) is 47.2. The molecule has 6 heteroatoms. The average Bonchev–Trinajstić information content (AvgIpc) is 3.37. The number of esters is 1. The molecule has 0 heterocycles. The molecule has 2 unspecified atom stereocenters. The Kier molecular flexibility index (Phi) is 58.1. The van der Waals surface area contributed by atoms with Crippen molar-refractivity contribution in [3.63, 3.8) is 0 Å². The molecule has 0 aliphatic carbocycles. The van der Waals surface area contributed by atoms with Gasteiger partial charge in [0.2, 0.25) is 5.91 Å². The SMILES string of the molecule is CCCCC/C=C\C/C=C\CCCCCCCC(=O)OCCCCC/C=C\C=C/CCCCCCCCC(=O)NC(CO)C(O)/C=C/CCCCCCCCCCCCCCCCCCCCCCCC. The fraction of sp³-hybridized carbons (Fsp3) is 0.815. The third-order valence-corrected chi connectivity index (χ3v) is 14.0. The van der Waals surface area contributed by atoms with Gasteiger partial charge in [0.25, 0.3) is 0 Å². The highest BCUT2D eigenvalue weighted by Crippen LogP contribution is 2.17. The van der Waals surface area contributed by atoms with E-state index in [9.17, 15) is 19.8 Å². The number of carbonyl (C=O) groups is 2. The molecule has 0 saturated carbocycles. The van der Waals surface area contributed by atoms with Crippen molar-refractivity contribution in [1.82, 2.24) is 5.32 Å². The van der Waals surface area contributed by atoms with Crippen LogP contribution in [0.4, 0.5) is 0 Å². The summed E-state index contributed by atoms with van der Waals surface area (Å²) in [5.41, 5.74) is 0. The van der Waals surface area contributed by atoms with Crippen molar-refractivity contribution in [2.24, 2.45) is 0 Å². The Labute approximate surface area is 441 Å². The van der Waals surface area contributed by atoms with Crippen LogP contribution in [0.15, 0.2) is 60.8 Å². The maximum atomic E-state index is 12.5. The quantitative estimate of drug-likeness (QED) is 0.0244. The molecule has 0 rings (SSSR count). The van der Waals surface area contributed by atoms with Gasteiger partial charge in [-0.25, -0.2) is 0 Å². The van der Waals surface area contributed by atoms with E-state index in [0.29, 0.717) is 19.4 Å². The Morgan fingerprint density at radius 1 is 0.408 bits per heavy atom. The molecule has 2 atom stereocenters. The fourth-order valence-electron chi connectivity index (χ4n) is 9.24. The molecule has 0 bridgehead atoms. The molecule has 0 spiro atoms. The largest absolute Gasteiger partial charge is 0.466 e. The smallest absolute Gasteiger partial charge is 0.305 e. The van der Waals surface area contributed by atoms with Gasteiger partial charge in [-0.05, 0) is 96.3 Å². The molecule has 0 aromatic carbocycles. The van der Waals surface area contributed by atoms with Gasteiger partial charge in [-0.1, -0.05) is 267 Å². The summed E-state index contributed by atoms with van der Waals surface area (Å²) in [7, 11) is 0. The van der Waals surface area contributed by atoms with Gasteiger partial charge in [-0.15, -0.1) is 0 Å². The number of amides is 1. The molecule has 0 fully saturated rings. The van der Waals surface area contributed by atoms with Crippen molar-refractivity contribution in [1.29, 1.82) is 0 Å². The summed E-state index contributed by atoms with van der Waals surface area (Å²) in [6.07, 6.45) is 78.3. The van der Waals surface area contributed by atoms with Crippen LogP contribution in [0.2, 0.25) is 0 Å². The summed E-state index contributed by atoms with van der Waals surface area (Å²) < 4.78 is 5.44. The minimum atomic E-state index is -0.862. The van der Waals surface area contributed by atoms with Gasteiger partial charge in [0, 0.05) is 12.8 Å². The van der Waals surface area contributed by atoms with Gasteiger partial charge in [0.1, 0.15) is 0 Å². The second-order valence-electron chi connectivity index (χ2n) is 21.1. The lowest BCUT2D eigenvalue weighted by atomic mass is 10.0. The van der Waals surface area contributed by atoms with Crippen molar-refractivity contribution < 1.29 is 24.5 Å². The summed E-state index contributed by atoms with van der Waals surface area (Å²) in [5.74, 6) is -0.127. The van der Waals surface area contributed by atoms with E-state index in [1.807, 2.05) is 6.08 Å². The van der Waals surface area contributed by atoms with Crippen molar-refractivity contribution in [3.05, 3.63) is 60.8 Å². The molecular weight excluding hydrogens is 875 g/mol. The topological polar surface area (TPSA) is 95.9 Å². The molecule has 0 radical (unpaired) electrons. The number of ether oxygens (including phenoxy) is 1. The standard InChI is InChI=1S/C65H119NO5/c1-3-5-7-9-11-13-15-17-19-20-21-22-23-24-25-26-27-30-33-37-41-45-49-53-57-63(68)62(61-67)66-64(69)58-54-50-46-42-38-34-31-28-32-36-40-44-48-52-56-60-71-65(70)59-55-51-47-43-39-35-29-18-16-14-12-10-8-6-4-2/h12,14,18,28-29,32,36,40,53,57,62-63,67-68H,3-11,13,15-17,19-27,30-31,33-35,37-39,41-52,54-56,58-61H2,1-2H3,(H,66,69)/b14-12-,29-18-,32-28-,40-36-,57-53+. The second-order valence-corrected chi connectivity index (χ2v) is 21.1. The molecule has 0 aromatic heterocycles. The van der Waals surface area contributed by atoms with Crippen LogP contribution in [-0.4, -0.2) is 47.4 Å². The molecule has 6 nitrogen and oxygen atoms in total. The third-order valence-electron chi connectivity index (χ3n) is 14.0. The molecule has 0 aliphatic heterocycles. The lowest BCUT2D eigenvalue weighted by molar-refractivity contribution is -0.143. The van der Waals surface area contributed by atoms with Crippen LogP contribution in [0, 0.1) is 0 Å². The van der Waals surface area contributed by atoms with E-state index >= 15 is 0 Å². The Balaban J connectivity index is 3.55. The van der Waals surface area contributed by atoms with Crippen LogP contribution < -0.4 is 5.32 Å². The fourth-order valence-corrected chi connectivity index (χ4v) is 9.24. The lowest BCUT2D eigenvalue weighted by Gasteiger charge is -2.20. The highest BCUT2D eigenvalue weighted by atomic mass is 16.5. The number of allylic oxidation sites excluding steroid dienone is 9. The van der Waals surface area contributed by atoms with Crippen LogP contribution in [-0.2, 0) is 14.3 Å². The van der Waals surface area contributed by atoms with E-state index in [-0.39, 0.29) is 18.5 Å². The third kappa shape index (κ3) is 56.7. The maximum absolute atomic E-state index is 12.5. The maximum Gasteiger partial charge on any atom is 0.305 e. The minimum absolute atomic E-state index is 0.0371. The zero-order chi connectivity index (χ0) is 51.4. The molecule has 0 aliphatic rings. The summed E-state index contributed by atoms with van der Waals surface area (Å²) in [6.45, 7) is 4.82. The Morgan fingerprint density at radius 2 is 0.746 bits per heavy atom. The summed E-state index contributed by atoms with van der Waals surface area (Å²) in [4.78, 5) is 24.5. The first-order valence-electron chi connectivity index (χ1n) is 31.1. The van der Waals surface area contributed by atoms with Gasteiger partial charge in [0.05, 0.1) is 25.4 Å². The molecule has 3 N–H and O–H groups in total. The highest BCUT2D eigenvalue weighted by molar-refractivity contribution is 5.76. The van der Waals surface area contributed by atoms with E-state index in [1.54, 1.807) is 6.08 Å². The number of aliphatic hydroxyl groups excluding tert-OH is 2. The van der Waals surface area contributed by atoms with Crippen LogP contribution in [0.5, 0.6) is 0 Å². The predicted molar refractivity (Wildman–Crippen MR) is 310 cm³/mol. The molecule has 414 valence electrons. The van der Waals surface area contributed by atoms with Gasteiger partial charge < -0.3 is 20.3 Å². The normalized spacial score (nSPS) is 13.0. The van der Waals surface area contributed by atoms with E-state index in [2.05, 4.69) is 67.8 Å². The number of rotatable bonds is 57. The predicted octanol–water partition coefficient (Wildman–Crippen LogP) is 19.5. The van der Waals surface area contributed by atoms with Crippen LogP contribution in [0.25, 0.3) is 0 Å². The summed E-state index contributed by atoms with van der Waals surface area (Å²) >= 11 is 0. The van der Waals surface area contributed by atoms with Crippen LogP contribution in [0.1, 0.15) is 316 Å². The summed E-state index contributed by atoms with van der Waals surface area (Å²) in [5, 5.41) is 23.2. The summed E-state index contributed by atoms with van der Waals surface area (Å²) in [6, 6.07) is -0.648. The van der Waals surface area contributed by atoms with E-state index in [0.717, 1.165) is 89.9 Å². The molecule has 1 amide bonds. The van der Waals surface area contributed by atoms with Crippen molar-refractivity contribution >= 4 is 11.9 Å². The second kappa shape index (κ2) is 60.1. The van der Waals surface area contributed by atoms with Crippen molar-refractivity contribution in [3.8, 4) is 0 Å². The van der Waals surface area contributed by atoms with Gasteiger partial charge in [-0.2, -0.15) is 0 Å². The van der Waals surface area contributed by atoms with E-state index in [4.69, 9.17) is 4.74 Å². The number of hydrogen-bond acceptors (Lipinski definition) is 5. The first-order chi connectivity index (χ1) is 35.0. The minimum Gasteiger partial charge on any atom is -0.466 e. The van der Waals surface area contributed by atoms with Crippen LogP contribution in [0.3, 0.4) is 0 Å². The van der Waals surface area contributed by atoms with Gasteiger partial charge in [0.15, 0.2) is 0 Å². The van der Waals surface area contributed by atoms with Gasteiger partial charge >= 0.3 is 5.97 Å². The number of unbranched alkanes of at least 4 members (excludes halogenated alkanes) is 39. The van der Waals surface area contributed by atoms with E-state index in [1.165, 1.54) is 199 Å². The molecule has 0 aromatic rings. The Bertz CT molecular complexity index is 1240. The van der Waals surface area contributed by atoms with Crippen molar-refractivity contribution in [2.45, 2.75) is 328 Å². The first kappa shape index (κ1) is 68.6. The Morgan fingerprint density at radius 3 is 1.18 bits per heavy atom. The zero-order valence-electron chi connectivity index (χ0n) is 47.2. The van der Waals surface area contributed by atoms with Crippen molar-refractivity contribution in [2.75, 3.05) is 13.2 Å². The number of nitrogens with one attached hydrogen (secondary N) is 1. The Hall–Kier alpha value is -2.44. The molecular formula is C65H119NO5. The lowest BCUT2D eigenvalue weighted by Crippen LogP contribution is -2.45. The number of aliphatic hydroxyl groups is 2. The number of carbonyl (C=O) groups excluding carboxylic acids is 2. The monoisotopic (exact) mass is 994 g/mol. The molecule has 0 saturated heterocycles. The highest BCUT2D eigenvalue weighted by Gasteiger charge is 2.18. The average molecular weight is 995 g/mol. The number of hydrogen-bond donors (Lipinski definition) is 3.